The molecule has 0 aliphatic carbocycles. The van der Waals surface area contributed by atoms with Crippen molar-refractivity contribution in [3.8, 4) is 0 Å². The minimum absolute atomic E-state index is 0.161. The average Bonchev–Trinajstić information content (AvgIpc) is 2.69. The lowest BCUT2D eigenvalue weighted by atomic mass is 10.2. The second-order valence-corrected chi connectivity index (χ2v) is 7.15. The number of benzene rings is 3. The van der Waals surface area contributed by atoms with E-state index in [1.54, 1.807) is 12.1 Å². The predicted molar refractivity (Wildman–Crippen MR) is 106 cm³/mol. The first kappa shape index (κ1) is 20.7. The number of nitro groups is 1. The molecule has 9 heteroatoms. The van der Waals surface area contributed by atoms with Crippen LogP contribution in [0.15, 0.2) is 82.6 Å². The summed E-state index contributed by atoms with van der Waals surface area (Å²) in [5.41, 5.74) is 6.51. The van der Waals surface area contributed by atoms with Crippen molar-refractivity contribution in [2.75, 3.05) is 5.43 Å². The number of nitrogens with zero attached hydrogens (tertiary/aromatic N) is 1. The summed E-state index contributed by atoms with van der Waals surface area (Å²) in [6.45, 7) is 0.324. The lowest BCUT2D eigenvalue weighted by molar-refractivity contribution is -0.387. The van der Waals surface area contributed by atoms with Gasteiger partial charge in [-0.05, 0) is 42.0 Å². The van der Waals surface area contributed by atoms with Gasteiger partial charge in [0.15, 0.2) is 0 Å². The molecule has 0 aliphatic rings. The number of alkyl halides is 3. The Balaban J connectivity index is 1.74. The molecule has 0 radical (unpaired) electrons. The number of rotatable bonds is 7. The highest BCUT2D eigenvalue weighted by Crippen LogP contribution is 2.38. The summed E-state index contributed by atoms with van der Waals surface area (Å²) in [6.07, 6.45) is -4.47. The molecule has 0 aliphatic heterocycles. The lowest BCUT2D eigenvalue weighted by Gasteiger charge is -2.10. The van der Waals surface area contributed by atoms with Gasteiger partial charge in [-0.2, -0.15) is 13.2 Å². The average molecular weight is 419 g/mol. The van der Waals surface area contributed by atoms with E-state index in [0.29, 0.717) is 12.1 Å². The van der Waals surface area contributed by atoms with Crippen LogP contribution in [0.25, 0.3) is 0 Å². The van der Waals surface area contributed by atoms with Crippen LogP contribution in [0.3, 0.4) is 0 Å². The van der Waals surface area contributed by atoms with Crippen LogP contribution in [-0.4, -0.2) is 4.92 Å². The molecule has 0 atom stereocenters. The second-order valence-electron chi connectivity index (χ2n) is 6.03. The van der Waals surface area contributed by atoms with Gasteiger partial charge >= 0.3 is 6.18 Å². The Morgan fingerprint density at radius 1 is 0.966 bits per heavy atom. The van der Waals surface area contributed by atoms with Gasteiger partial charge in [-0.15, -0.1) is 0 Å². The standard InChI is InChI=1S/C20H16F3N3O2S/c21-20(22,23)15-5-4-8-17(12-15)29-19-10-9-14(11-18(19)26(27)28)13-24-25-16-6-2-1-3-7-16/h1-12,24-25H,13H2. The molecule has 0 aromatic heterocycles. The molecule has 150 valence electrons. The molecule has 0 heterocycles. The molecule has 0 bridgehead atoms. The van der Waals surface area contributed by atoms with E-state index in [-0.39, 0.29) is 15.5 Å². The molecule has 0 spiro atoms. The van der Waals surface area contributed by atoms with Crippen molar-refractivity contribution < 1.29 is 18.1 Å². The number of halogens is 3. The first-order valence-electron chi connectivity index (χ1n) is 8.49. The minimum atomic E-state index is -4.47. The monoisotopic (exact) mass is 419 g/mol. The number of anilines is 1. The van der Waals surface area contributed by atoms with Crippen molar-refractivity contribution in [3.63, 3.8) is 0 Å². The smallest absolute Gasteiger partial charge is 0.321 e. The number of hydrazine groups is 1. The zero-order valence-electron chi connectivity index (χ0n) is 14.9. The van der Waals surface area contributed by atoms with E-state index in [4.69, 9.17) is 0 Å². The quantitative estimate of drug-likeness (QED) is 0.370. The van der Waals surface area contributed by atoms with Gasteiger partial charge in [-0.25, -0.2) is 5.43 Å². The minimum Gasteiger partial charge on any atom is -0.321 e. The Morgan fingerprint density at radius 3 is 2.41 bits per heavy atom. The van der Waals surface area contributed by atoms with Crippen LogP contribution in [0.2, 0.25) is 0 Å². The van der Waals surface area contributed by atoms with Gasteiger partial charge in [0.05, 0.1) is 15.4 Å². The van der Waals surface area contributed by atoms with Crippen molar-refractivity contribution in [1.29, 1.82) is 0 Å². The molecule has 0 unspecified atom stereocenters. The molecule has 3 rings (SSSR count). The molecule has 0 amide bonds. The maximum Gasteiger partial charge on any atom is 0.416 e. The van der Waals surface area contributed by atoms with E-state index in [0.717, 1.165) is 29.6 Å². The van der Waals surface area contributed by atoms with E-state index < -0.39 is 16.7 Å². The molecule has 2 N–H and O–H groups in total. The largest absolute Gasteiger partial charge is 0.416 e. The molecular weight excluding hydrogens is 403 g/mol. The summed E-state index contributed by atoms with van der Waals surface area (Å²) < 4.78 is 38.6. The fourth-order valence-corrected chi connectivity index (χ4v) is 3.50. The molecule has 5 nitrogen and oxygen atoms in total. The highest BCUT2D eigenvalue weighted by molar-refractivity contribution is 7.99. The Kier molecular flexibility index (Phi) is 6.40. The summed E-state index contributed by atoms with van der Waals surface area (Å²) in [5.74, 6) is 0. The third-order valence-corrected chi connectivity index (χ3v) is 4.96. The van der Waals surface area contributed by atoms with Crippen molar-refractivity contribution in [2.24, 2.45) is 0 Å². The second kappa shape index (κ2) is 8.97. The van der Waals surface area contributed by atoms with E-state index in [9.17, 15) is 23.3 Å². The Hall–Kier alpha value is -3.04. The van der Waals surface area contributed by atoms with Crippen LogP contribution in [0.5, 0.6) is 0 Å². The maximum absolute atomic E-state index is 12.9. The first-order valence-corrected chi connectivity index (χ1v) is 9.31. The number of hydrogen-bond donors (Lipinski definition) is 2. The van der Waals surface area contributed by atoms with Crippen molar-refractivity contribution >= 4 is 23.1 Å². The van der Waals surface area contributed by atoms with Gasteiger partial charge in [-0.1, -0.05) is 42.1 Å². The Morgan fingerprint density at radius 2 is 1.72 bits per heavy atom. The van der Waals surface area contributed by atoms with Crippen LogP contribution >= 0.6 is 11.8 Å². The van der Waals surface area contributed by atoms with E-state index in [1.165, 1.54) is 18.2 Å². The fourth-order valence-electron chi connectivity index (χ4n) is 2.53. The first-order chi connectivity index (χ1) is 13.8. The van der Waals surface area contributed by atoms with Gasteiger partial charge in [-0.3, -0.25) is 10.1 Å². The predicted octanol–water partition coefficient (Wildman–Crippen LogP) is 5.88. The van der Waals surface area contributed by atoms with Crippen molar-refractivity contribution in [3.05, 3.63) is 94.0 Å². The van der Waals surface area contributed by atoms with E-state index >= 15 is 0 Å². The summed E-state index contributed by atoms with van der Waals surface area (Å²) in [7, 11) is 0. The molecule has 3 aromatic rings. The van der Waals surface area contributed by atoms with Crippen molar-refractivity contribution in [2.45, 2.75) is 22.5 Å². The van der Waals surface area contributed by atoms with Gasteiger partial charge in [0.1, 0.15) is 0 Å². The Bertz CT molecular complexity index is 998. The number of para-hydroxylation sites is 1. The van der Waals surface area contributed by atoms with Crippen LogP contribution in [0.1, 0.15) is 11.1 Å². The maximum atomic E-state index is 12.9. The van der Waals surface area contributed by atoms with Crippen molar-refractivity contribution in [1.82, 2.24) is 5.43 Å². The van der Waals surface area contributed by atoms with E-state index in [2.05, 4.69) is 10.9 Å². The van der Waals surface area contributed by atoms with Gasteiger partial charge < -0.3 is 5.43 Å². The molecule has 3 aromatic carbocycles. The lowest BCUT2D eigenvalue weighted by Crippen LogP contribution is -2.20. The SMILES string of the molecule is O=[N+]([O-])c1cc(CNNc2ccccc2)ccc1Sc1cccc(C(F)(F)F)c1. The number of nitro benzene ring substituents is 1. The van der Waals surface area contributed by atoms with Crippen LogP contribution in [0.4, 0.5) is 24.5 Å². The van der Waals surface area contributed by atoms with Crippen LogP contribution < -0.4 is 10.9 Å². The highest BCUT2D eigenvalue weighted by atomic mass is 32.2. The summed E-state index contributed by atoms with van der Waals surface area (Å²) in [4.78, 5) is 11.5. The third-order valence-electron chi connectivity index (χ3n) is 3.91. The Labute approximate surface area is 169 Å². The fraction of sp³-hybridized carbons (Fsp3) is 0.100. The van der Waals surface area contributed by atoms with Gasteiger partial charge in [0.2, 0.25) is 0 Å². The molecule has 29 heavy (non-hydrogen) atoms. The molecule has 0 saturated heterocycles. The zero-order chi connectivity index (χ0) is 20.9. The number of nitrogens with one attached hydrogen (secondary N) is 2. The number of hydrogen-bond acceptors (Lipinski definition) is 5. The third kappa shape index (κ3) is 5.72. The van der Waals surface area contributed by atoms with Gasteiger partial charge in [0.25, 0.3) is 5.69 Å². The van der Waals surface area contributed by atoms with Crippen LogP contribution in [0, 0.1) is 10.1 Å². The highest BCUT2D eigenvalue weighted by Gasteiger charge is 2.30. The van der Waals surface area contributed by atoms with E-state index in [1.807, 2.05) is 30.3 Å². The summed E-state index contributed by atoms with van der Waals surface area (Å²) >= 11 is 0.925. The summed E-state index contributed by atoms with van der Waals surface area (Å²) in [5, 5.41) is 11.5. The zero-order valence-corrected chi connectivity index (χ0v) is 15.8. The molecule has 0 saturated carbocycles. The summed E-state index contributed by atoms with van der Waals surface area (Å²) in [6, 6.07) is 18.7. The van der Waals surface area contributed by atoms with Crippen LogP contribution in [-0.2, 0) is 12.7 Å². The topological polar surface area (TPSA) is 67.2 Å². The molecule has 0 fully saturated rings. The van der Waals surface area contributed by atoms with Gasteiger partial charge in [0, 0.05) is 23.2 Å². The normalized spacial score (nSPS) is 11.3. The molecular formula is C20H16F3N3O2S.